The van der Waals surface area contributed by atoms with Crippen molar-refractivity contribution < 1.29 is 22.7 Å². The molecule has 0 unspecified atom stereocenters. The number of amides is 1. The van der Waals surface area contributed by atoms with Gasteiger partial charge in [-0.3, -0.25) is 4.79 Å². The van der Waals surface area contributed by atoms with Crippen LogP contribution in [-0.2, 0) is 14.8 Å². The largest absolute Gasteiger partial charge is 0.490 e. The summed E-state index contributed by atoms with van der Waals surface area (Å²) in [5.74, 6) is 1.49. The fourth-order valence-corrected chi connectivity index (χ4v) is 4.72. The molecule has 142 valence electrons. The summed E-state index contributed by atoms with van der Waals surface area (Å²) in [6.45, 7) is 2.31. The van der Waals surface area contributed by atoms with Crippen LogP contribution in [0.15, 0.2) is 23.1 Å². The maximum atomic E-state index is 12.7. The van der Waals surface area contributed by atoms with Crippen molar-refractivity contribution >= 4 is 15.9 Å². The van der Waals surface area contributed by atoms with Crippen LogP contribution in [-0.4, -0.2) is 51.6 Å². The molecule has 8 heteroatoms. The van der Waals surface area contributed by atoms with Gasteiger partial charge in [-0.15, -0.1) is 0 Å². The van der Waals surface area contributed by atoms with E-state index in [0.29, 0.717) is 50.6 Å². The van der Waals surface area contributed by atoms with E-state index >= 15 is 0 Å². The van der Waals surface area contributed by atoms with E-state index < -0.39 is 10.0 Å². The van der Waals surface area contributed by atoms with Crippen LogP contribution in [0.3, 0.4) is 0 Å². The number of nitrogens with zero attached hydrogens (tertiary/aromatic N) is 1. The van der Waals surface area contributed by atoms with Crippen molar-refractivity contribution in [3.05, 3.63) is 18.2 Å². The van der Waals surface area contributed by atoms with Gasteiger partial charge in [0.1, 0.15) is 0 Å². The fraction of sp³-hybridized carbons (Fsp3) is 0.611. The van der Waals surface area contributed by atoms with Crippen molar-refractivity contribution in [2.75, 3.05) is 26.3 Å². The Hall–Kier alpha value is -1.80. The third kappa shape index (κ3) is 3.81. The van der Waals surface area contributed by atoms with Crippen molar-refractivity contribution in [3.63, 3.8) is 0 Å². The van der Waals surface area contributed by atoms with E-state index in [1.54, 1.807) is 12.1 Å². The fourth-order valence-electron chi connectivity index (χ4n) is 3.40. The molecule has 1 aromatic rings. The Bertz CT molecular complexity index is 783. The highest BCUT2D eigenvalue weighted by Gasteiger charge is 2.35. The molecule has 1 amide bonds. The van der Waals surface area contributed by atoms with Gasteiger partial charge in [-0.2, -0.15) is 0 Å². The van der Waals surface area contributed by atoms with Gasteiger partial charge in [-0.05, 0) is 37.8 Å². The summed E-state index contributed by atoms with van der Waals surface area (Å²) >= 11 is 0. The summed E-state index contributed by atoms with van der Waals surface area (Å²) in [7, 11) is -3.64. The highest BCUT2D eigenvalue weighted by Crippen LogP contribution is 2.33. The smallest absolute Gasteiger partial charge is 0.240 e. The van der Waals surface area contributed by atoms with Crippen LogP contribution in [0.2, 0.25) is 0 Å². The van der Waals surface area contributed by atoms with Gasteiger partial charge in [0, 0.05) is 37.5 Å². The van der Waals surface area contributed by atoms with Gasteiger partial charge in [0.2, 0.25) is 15.9 Å². The molecule has 1 aromatic carbocycles. The van der Waals surface area contributed by atoms with Gasteiger partial charge >= 0.3 is 0 Å². The molecule has 1 aliphatic carbocycles. The zero-order valence-corrected chi connectivity index (χ0v) is 15.5. The zero-order valence-electron chi connectivity index (χ0n) is 14.6. The van der Waals surface area contributed by atoms with Gasteiger partial charge < -0.3 is 14.4 Å². The van der Waals surface area contributed by atoms with Crippen molar-refractivity contribution in [2.45, 2.75) is 43.0 Å². The lowest BCUT2D eigenvalue weighted by Crippen LogP contribution is -2.46. The maximum absolute atomic E-state index is 12.7. The molecule has 2 fully saturated rings. The minimum Gasteiger partial charge on any atom is -0.490 e. The number of sulfonamides is 1. The quantitative estimate of drug-likeness (QED) is 0.856. The normalized spacial score (nSPS) is 21.3. The van der Waals surface area contributed by atoms with Gasteiger partial charge in [0.25, 0.3) is 0 Å². The number of rotatable bonds is 4. The van der Waals surface area contributed by atoms with E-state index in [4.69, 9.17) is 9.47 Å². The van der Waals surface area contributed by atoms with Crippen molar-refractivity contribution in [2.24, 2.45) is 5.92 Å². The van der Waals surface area contributed by atoms with E-state index in [1.165, 1.54) is 6.07 Å². The van der Waals surface area contributed by atoms with Crippen molar-refractivity contribution in [1.29, 1.82) is 0 Å². The zero-order chi connectivity index (χ0) is 18.1. The molecule has 0 spiro atoms. The monoisotopic (exact) mass is 380 g/mol. The predicted octanol–water partition coefficient (Wildman–Crippen LogP) is 1.53. The Morgan fingerprint density at radius 1 is 1.04 bits per heavy atom. The van der Waals surface area contributed by atoms with Gasteiger partial charge in [-0.25, -0.2) is 13.1 Å². The highest BCUT2D eigenvalue weighted by atomic mass is 32.2. The molecule has 1 saturated heterocycles. The lowest BCUT2D eigenvalue weighted by atomic mass is 10.1. The molecule has 2 heterocycles. The Kier molecular flexibility index (Phi) is 4.79. The predicted molar refractivity (Wildman–Crippen MR) is 94.7 cm³/mol. The second kappa shape index (κ2) is 7.08. The van der Waals surface area contributed by atoms with E-state index in [1.807, 2.05) is 4.90 Å². The second-order valence-electron chi connectivity index (χ2n) is 7.15. The van der Waals surface area contributed by atoms with Crippen molar-refractivity contribution in [3.8, 4) is 11.5 Å². The average Bonchev–Trinajstić information content (AvgIpc) is 3.48. The molecule has 0 radical (unpaired) electrons. The molecule has 2 aliphatic heterocycles. The number of hydrogen-bond acceptors (Lipinski definition) is 5. The van der Waals surface area contributed by atoms with Crippen LogP contribution < -0.4 is 14.2 Å². The Morgan fingerprint density at radius 2 is 1.73 bits per heavy atom. The van der Waals surface area contributed by atoms with E-state index in [2.05, 4.69) is 4.72 Å². The summed E-state index contributed by atoms with van der Waals surface area (Å²) in [4.78, 5) is 14.1. The first-order valence-electron chi connectivity index (χ1n) is 9.24. The van der Waals surface area contributed by atoms with Crippen LogP contribution in [0.4, 0.5) is 0 Å². The first kappa shape index (κ1) is 17.6. The number of fused-ring (bicyclic) bond motifs is 1. The Labute approximate surface area is 153 Å². The Balaban J connectivity index is 1.40. The lowest BCUT2D eigenvalue weighted by molar-refractivity contribution is -0.133. The van der Waals surface area contributed by atoms with E-state index in [0.717, 1.165) is 19.3 Å². The molecule has 0 aromatic heterocycles. The van der Waals surface area contributed by atoms with Crippen LogP contribution in [0.1, 0.15) is 32.1 Å². The maximum Gasteiger partial charge on any atom is 0.240 e. The number of benzene rings is 1. The van der Waals surface area contributed by atoms with Gasteiger partial charge in [0.05, 0.1) is 18.1 Å². The summed E-state index contributed by atoms with van der Waals surface area (Å²) in [5.41, 5.74) is 0. The van der Waals surface area contributed by atoms with Gasteiger partial charge in [-0.1, -0.05) is 0 Å². The number of likely N-dealkylation sites (tertiary alicyclic amines) is 1. The molecule has 1 N–H and O–H groups in total. The Morgan fingerprint density at radius 3 is 2.42 bits per heavy atom. The molecular weight excluding hydrogens is 356 g/mol. The molecule has 26 heavy (non-hydrogen) atoms. The second-order valence-corrected chi connectivity index (χ2v) is 8.87. The number of piperidine rings is 1. The first-order valence-corrected chi connectivity index (χ1v) is 10.7. The third-order valence-corrected chi connectivity index (χ3v) is 6.60. The first-order chi connectivity index (χ1) is 12.5. The summed E-state index contributed by atoms with van der Waals surface area (Å²) < 4.78 is 39.3. The van der Waals surface area contributed by atoms with Gasteiger partial charge in [0.15, 0.2) is 11.5 Å². The molecule has 1 saturated carbocycles. The molecule has 4 rings (SSSR count). The van der Waals surface area contributed by atoms with E-state index in [-0.39, 0.29) is 22.8 Å². The van der Waals surface area contributed by atoms with Crippen LogP contribution in [0.5, 0.6) is 11.5 Å². The molecular formula is C18H24N2O5S. The number of nitrogens with one attached hydrogen (secondary N) is 1. The molecule has 3 aliphatic rings. The van der Waals surface area contributed by atoms with Crippen molar-refractivity contribution in [1.82, 2.24) is 9.62 Å². The SMILES string of the molecule is O=C(C1CC1)N1CCC(NS(=O)(=O)c2ccc3c(c2)OCCCO3)CC1. The molecule has 0 atom stereocenters. The van der Waals surface area contributed by atoms with Crippen LogP contribution >= 0.6 is 0 Å². The topological polar surface area (TPSA) is 84.9 Å². The highest BCUT2D eigenvalue weighted by molar-refractivity contribution is 7.89. The number of ether oxygens (including phenoxy) is 2. The average molecular weight is 380 g/mol. The summed E-state index contributed by atoms with van der Waals surface area (Å²) in [6.07, 6.45) is 4.04. The molecule has 0 bridgehead atoms. The lowest BCUT2D eigenvalue weighted by Gasteiger charge is -2.32. The minimum atomic E-state index is -3.64. The summed E-state index contributed by atoms with van der Waals surface area (Å²) in [6, 6.07) is 4.56. The van der Waals surface area contributed by atoms with Crippen LogP contribution in [0.25, 0.3) is 0 Å². The third-order valence-electron chi connectivity index (χ3n) is 5.08. The number of carbonyl (C=O) groups excluding carboxylic acids is 1. The number of carbonyl (C=O) groups is 1. The van der Waals surface area contributed by atoms with E-state index in [9.17, 15) is 13.2 Å². The summed E-state index contributed by atoms with van der Waals surface area (Å²) in [5, 5.41) is 0. The standard InChI is InChI=1S/C18H24N2O5S/c21-18(13-2-3-13)20-8-6-14(7-9-20)19-26(22,23)15-4-5-16-17(12-15)25-11-1-10-24-16/h4-5,12-14,19H,1-3,6-11H2. The number of hydrogen-bond donors (Lipinski definition) is 1. The molecule has 7 nitrogen and oxygen atoms in total. The van der Waals surface area contributed by atoms with Crippen LogP contribution in [0, 0.1) is 5.92 Å². The minimum absolute atomic E-state index is 0.153.